The number of esters is 1. The first kappa shape index (κ1) is 24.0. The van der Waals surface area contributed by atoms with Gasteiger partial charge in [-0.1, -0.05) is 49.2 Å². The molecule has 0 atom stereocenters. The molecule has 2 aromatic carbocycles. The molecule has 0 spiro atoms. The van der Waals surface area contributed by atoms with Gasteiger partial charge in [-0.25, -0.2) is 4.68 Å². The number of halogens is 2. The molecule has 1 N–H and O–H groups in total. The van der Waals surface area contributed by atoms with Gasteiger partial charge in [-0.15, -0.1) is 0 Å². The van der Waals surface area contributed by atoms with Crippen LogP contribution in [0.15, 0.2) is 42.5 Å². The number of carbonyl (C=O) groups is 1. The Labute approximate surface area is 197 Å². The van der Waals surface area contributed by atoms with Gasteiger partial charge in [-0.05, 0) is 54.3 Å². The fraction of sp³-hybridized carbons (Fsp3) is 0.333. The summed E-state index contributed by atoms with van der Waals surface area (Å²) in [6.07, 6.45) is 0.488. The van der Waals surface area contributed by atoms with Gasteiger partial charge < -0.3 is 14.6 Å². The van der Waals surface area contributed by atoms with Crippen molar-refractivity contribution in [3.8, 4) is 11.6 Å². The van der Waals surface area contributed by atoms with Gasteiger partial charge in [0.15, 0.2) is 0 Å². The van der Waals surface area contributed by atoms with Gasteiger partial charge in [0.25, 0.3) is 0 Å². The van der Waals surface area contributed by atoms with Gasteiger partial charge in [0.05, 0.1) is 12.3 Å². The van der Waals surface area contributed by atoms with Crippen LogP contribution in [-0.2, 0) is 29.1 Å². The zero-order valence-corrected chi connectivity index (χ0v) is 19.8. The molecule has 3 rings (SSSR count). The first-order chi connectivity index (χ1) is 15.3. The molecule has 0 radical (unpaired) electrons. The Kier molecular flexibility index (Phi) is 8.04. The lowest BCUT2D eigenvalue weighted by Crippen LogP contribution is -2.16. The van der Waals surface area contributed by atoms with Gasteiger partial charge in [0, 0.05) is 22.0 Å². The number of phenolic OH excluding ortho intramolecular Hbond substituents is 1. The highest BCUT2D eigenvalue weighted by Gasteiger charge is 2.24. The third kappa shape index (κ3) is 6.17. The predicted molar refractivity (Wildman–Crippen MR) is 125 cm³/mol. The largest absolute Gasteiger partial charge is 0.508 e. The molecule has 0 bridgehead atoms. The van der Waals surface area contributed by atoms with Crippen molar-refractivity contribution in [3.05, 3.63) is 74.9 Å². The number of nitrogens with zero attached hydrogens (tertiary/aromatic N) is 2. The van der Waals surface area contributed by atoms with Crippen LogP contribution in [0.25, 0.3) is 0 Å². The summed E-state index contributed by atoms with van der Waals surface area (Å²) in [6.45, 7) is 6.31. The maximum absolute atomic E-state index is 12.2. The molecule has 8 heteroatoms. The lowest BCUT2D eigenvalue weighted by Gasteiger charge is -2.13. The second-order valence-electron chi connectivity index (χ2n) is 7.70. The summed E-state index contributed by atoms with van der Waals surface area (Å²) in [5.74, 6) is 0.379. The average molecular weight is 477 g/mol. The van der Waals surface area contributed by atoms with Crippen LogP contribution in [-0.4, -0.2) is 27.5 Å². The van der Waals surface area contributed by atoms with E-state index in [0.29, 0.717) is 22.3 Å². The van der Waals surface area contributed by atoms with E-state index in [-0.39, 0.29) is 31.4 Å². The Morgan fingerprint density at radius 3 is 2.34 bits per heavy atom. The smallest absolute Gasteiger partial charge is 0.327 e. The molecule has 1 heterocycles. The second kappa shape index (κ2) is 10.7. The van der Waals surface area contributed by atoms with E-state index in [0.717, 1.165) is 22.4 Å². The average Bonchev–Trinajstić information content (AvgIpc) is 3.04. The number of hydrogen-bond donors (Lipinski definition) is 1. The van der Waals surface area contributed by atoms with E-state index in [2.05, 4.69) is 5.10 Å². The monoisotopic (exact) mass is 476 g/mol. The summed E-state index contributed by atoms with van der Waals surface area (Å²) in [7, 11) is 0. The highest BCUT2D eigenvalue weighted by molar-refractivity contribution is 6.34. The molecule has 0 saturated carbocycles. The zero-order valence-electron chi connectivity index (χ0n) is 18.3. The number of rotatable bonds is 9. The zero-order chi connectivity index (χ0) is 23.3. The fourth-order valence-corrected chi connectivity index (χ4v) is 3.96. The molecule has 0 fully saturated rings. The normalized spacial score (nSPS) is 11.1. The van der Waals surface area contributed by atoms with E-state index < -0.39 is 5.97 Å². The molecule has 3 aromatic rings. The van der Waals surface area contributed by atoms with Crippen LogP contribution in [0.2, 0.25) is 10.0 Å². The summed E-state index contributed by atoms with van der Waals surface area (Å²) < 4.78 is 12.9. The number of hydrogen-bond acceptors (Lipinski definition) is 5. The van der Waals surface area contributed by atoms with E-state index in [1.54, 1.807) is 41.9 Å². The molecular weight excluding hydrogens is 451 g/mol. The third-order valence-electron chi connectivity index (χ3n) is 4.78. The minimum Gasteiger partial charge on any atom is -0.508 e. The van der Waals surface area contributed by atoms with Crippen molar-refractivity contribution >= 4 is 29.2 Å². The van der Waals surface area contributed by atoms with E-state index >= 15 is 0 Å². The molecule has 0 saturated heterocycles. The van der Waals surface area contributed by atoms with Crippen molar-refractivity contribution in [2.24, 2.45) is 0 Å². The molecule has 1 aromatic heterocycles. The molecule has 0 aliphatic heterocycles. The second-order valence-corrected chi connectivity index (χ2v) is 8.57. The first-order valence-electron chi connectivity index (χ1n) is 10.4. The fourth-order valence-electron chi connectivity index (χ4n) is 3.39. The van der Waals surface area contributed by atoms with E-state index in [1.807, 2.05) is 26.0 Å². The number of carbonyl (C=O) groups excluding carboxylic acids is 1. The van der Waals surface area contributed by atoms with Crippen molar-refractivity contribution < 1.29 is 19.4 Å². The van der Waals surface area contributed by atoms with Crippen LogP contribution in [0.5, 0.6) is 11.6 Å². The third-order valence-corrected chi connectivity index (χ3v) is 5.21. The van der Waals surface area contributed by atoms with Gasteiger partial charge in [0.1, 0.15) is 18.9 Å². The van der Waals surface area contributed by atoms with Gasteiger partial charge in [0.2, 0.25) is 5.88 Å². The maximum atomic E-state index is 12.2. The van der Waals surface area contributed by atoms with Crippen molar-refractivity contribution in [1.82, 2.24) is 9.78 Å². The Morgan fingerprint density at radius 1 is 1.09 bits per heavy atom. The summed E-state index contributed by atoms with van der Waals surface area (Å²) in [4.78, 5) is 12.2. The highest BCUT2D eigenvalue weighted by Crippen LogP contribution is 2.32. The summed E-state index contributed by atoms with van der Waals surface area (Å²) >= 11 is 12.4. The molecule has 0 unspecified atom stereocenters. The van der Waals surface area contributed by atoms with Crippen molar-refractivity contribution in [3.63, 3.8) is 0 Å². The van der Waals surface area contributed by atoms with Crippen LogP contribution in [0.3, 0.4) is 0 Å². The highest BCUT2D eigenvalue weighted by atomic mass is 35.5. The minimum atomic E-state index is -0.392. The lowest BCUT2D eigenvalue weighted by atomic mass is 9.99. The van der Waals surface area contributed by atoms with Gasteiger partial charge in [-0.3, -0.25) is 4.79 Å². The Hall–Kier alpha value is -2.70. The molecule has 0 amide bonds. The molecule has 6 nitrogen and oxygen atoms in total. The molecule has 0 aliphatic carbocycles. The van der Waals surface area contributed by atoms with Crippen molar-refractivity contribution in [1.29, 1.82) is 0 Å². The topological polar surface area (TPSA) is 73.6 Å². The van der Waals surface area contributed by atoms with E-state index in [4.69, 9.17) is 32.7 Å². The summed E-state index contributed by atoms with van der Waals surface area (Å²) in [5.41, 5.74) is 3.47. The SMILES string of the molecule is CCOC(=O)Cn1nc(C(C)C)c(Cc2cc(Cl)cc(Cl)c2)c1OCc1ccc(O)cc1. The van der Waals surface area contributed by atoms with Gasteiger partial charge >= 0.3 is 5.97 Å². The molecule has 0 aliphatic rings. The minimum absolute atomic E-state index is 0.0607. The quantitative estimate of drug-likeness (QED) is 0.397. The summed E-state index contributed by atoms with van der Waals surface area (Å²) in [6, 6.07) is 12.1. The Bertz CT molecular complexity index is 1060. The van der Waals surface area contributed by atoms with Crippen LogP contribution in [0.1, 0.15) is 49.1 Å². The summed E-state index contributed by atoms with van der Waals surface area (Å²) in [5, 5.41) is 15.3. The van der Waals surface area contributed by atoms with Gasteiger partial charge in [-0.2, -0.15) is 5.10 Å². The number of benzene rings is 2. The maximum Gasteiger partial charge on any atom is 0.327 e. The number of phenols is 1. The number of ether oxygens (including phenoxy) is 2. The van der Waals surface area contributed by atoms with Crippen LogP contribution >= 0.6 is 23.2 Å². The van der Waals surface area contributed by atoms with Crippen LogP contribution in [0, 0.1) is 0 Å². The van der Waals surface area contributed by atoms with E-state index in [1.165, 1.54) is 0 Å². The number of aromatic nitrogens is 2. The molecule has 32 heavy (non-hydrogen) atoms. The van der Waals surface area contributed by atoms with Crippen molar-refractivity contribution in [2.45, 2.75) is 46.3 Å². The Balaban J connectivity index is 2.01. The van der Waals surface area contributed by atoms with Crippen molar-refractivity contribution in [2.75, 3.05) is 6.61 Å². The standard InChI is InChI=1S/C24H26Cl2N2O4/c1-4-31-22(30)13-28-24(32-14-16-5-7-20(29)8-6-16)21(23(27-28)15(2)3)11-17-9-18(25)12-19(26)10-17/h5-10,12,15,29H,4,11,13-14H2,1-3H3. The van der Waals surface area contributed by atoms with Crippen LogP contribution in [0.4, 0.5) is 0 Å². The van der Waals surface area contributed by atoms with Crippen LogP contribution < -0.4 is 4.74 Å². The number of aromatic hydroxyl groups is 1. The Morgan fingerprint density at radius 2 is 1.75 bits per heavy atom. The lowest BCUT2D eigenvalue weighted by molar-refractivity contribution is -0.144. The van der Waals surface area contributed by atoms with E-state index in [9.17, 15) is 9.90 Å². The molecule has 170 valence electrons. The molecular formula is C24H26Cl2N2O4. The predicted octanol–water partition coefficient (Wildman–Crippen LogP) is 5.75. The first-order valence-corrected chi connectivity index (χ1v) is 11.1.